The molecule has 4 heterocycles. The molecule has 66 nitrogen and oxygen atoms in total. The van der Waals surface area contributed by atoms with Crippen molar-refractivity contribution < 1.29 is 692 Å². The molecule has 6 rings (SSSR count). The molecule has 0 bridgehead atoms. The van der Waals surface area contributed by atoms with Gasteiger partial charge < -0.3 is 39.1 Å². The Morgan fingerprint density at radius 2 is 0.429 bits per heavy atom. The van der Waals surface area contributed by atoms with Gasteiger partial charge in [0.1, 0.15) is 96.3 Å². The van der Waals surface area contributed by atoms with Crippen molar-refractivity contribution in [3.05, 3.63) is 48.5 Å². The first-order chi connectivity index (χ1) is 56.9. The number of carbonyl (C=O) groups is 2. The molecule has 2 aromatic rings. The van der Waals surface area contributed by atoms with E-state index in [0.717, 1.165) is 48.5 Å². The second-order valence-electron chi connectivity index (χ2n) is 24.4. The normalized spacial score (nSPS) is 25.4. The SMILES string of the molecule is O=C(CCCCCCC(=O)Nc1ccc(S[C@@H]2O[C@H](COS(=O)(=O)O)[C@@H](O[C@H]3O[C@H](COS(=O)(=O)O)[C@@H](OS(=O)(=O)O)[C@H](OS(=O)(=O)O)[C@H]3OS(=O)(=O)O)[C@H](OS(=O)(=O)O)[C@H]2OS(=O)(=O)O)cc1)Nc1ccc(S[C@@H]2O[C@H](COS(=O)(=O)O)[C@@H](O[C@H]3O[C@H](COS(=O)(=O)O)[C@@H](OS(=O)(=O)O)[C@H](OS(=O)(=O)O)[C@H]3OS(=O)(=O)O)[C@H](OS(=O)(=O)O)[C@H]2OS(=O)(=O)O)cc1.[Na+].[Na+].[Na+].[Na+].[Na+].[Na+].[Na+].[Na+].[Na+].[Na+].[Na+].[Na+].[Na+].[Na+]. The van der Waals surface area contributed by atoms with E-state index in [2.05, 4.69) is 69.2 Å². The molecule has 4 fully saturated rings. The van der Waals surface area contributed by atoms with Gasteiger partial charge >= 0.3 is 559 Å². The summed E-state index contributed by atoms with van der Waals surface area (Å²) in [7, 11) is -85.0. The molecule has 0 radical (unpaired) electrons. The van der Waals surface area contributed by atoms with Gasteiger partial charge in [-0.05, 0) is 61.4 Å². The number of benzene rings is 2. The first kappa shape index (κ1) is 168. The maximum atomic E-state index is 13.1. The number of anilines is 2. The summed E-state index contributed by atoms with van der Waals surface area (Å²) in [5, 5.41) is 4.94. The Labute approximate surface area is 1120 Å². The fourth-order valence-electron chi connectivity index (χ4n) is 11.1. The Morgan fingerprint density at radius 3 is 0.636 bits per heavy atom. The molecule has 0 unspecified atom stereocenters. The van der Waals surface area contributed by atoms with Crippen molar-refractivity contribution in [2.45, 2.75) is 169 Å². The number of unbranched alkanes of at least 4 members (excludes halogenated alkanes) is 3. The zero-order valence-corrected chi connectivity index (χ0v) is 116. The van der Waals surface area contributed by atoms with Crippen LogP contribution in [-0.4, -0.2) is 341 Å². The fourth-order valence-corrected chi connectivity index (χ4v) is 19.6. The maximum Gasteiger partial charge on any atom is 1.00 e. The van der Waals surface area contributed by atoms with Crippen molar-refractivity contribution in [2.75, 3.05) is 37.1 Å². The van der Waals surface area contributed by atoms with Crippen LogP contribution in [0.2, 0.25) is 0 Å². The molecule has 20 atom stereocenters. The Kier molecular flexibility index (Phi) is 85.3. The van der Waals surface area contributed by atoms with Crippen LogP contribution in [0.15, 0.2) is 58.3 Å². The van der Waals surface area contributed by atoms with E-state index in [9.17, 15) is 191 Å². The maximum absolute atomic E-state index is 13.1. The number of amides is 2. The van der Waals surface area contributed by atoms with Gasteiger partial charge in [0, 0.05) is 34.0 Å². The topological polar surface area (TPSA) is 1000 Å². The van der Waals surface area contributed by atoms with Crippen LogP contribution in [0.3, 0.4) is 0 Å². The summed E-state index contributed by atoms with van der Waals surface area (Å²) in [6.07, 6.45) is -55.8. The van der Waals surface area contributed by atoms with E-state index >= 15 is 0 Å². The summed E-state index contributed by atoms with van der Waals surface area (Å²) in [5.41, 5.74) is -4.86. The van der Waals surface area contributed by atoms with Crippen molar-refractivity contribution in [3.8, 4) is 0 Å². The third-order valence-corrected chi connectivity index (χ3v) is 23.8. The monoisotopic (exact) mass is 2480 g/mol. The van der Waals surface area contributed by atoms with Crippen LogP contribution < -0.4 is 424 Å². The number of rotatable bonds is 49. The van der Waals surface area contributed by atoms with Crippen LogP contribution in [-0.2, 0) is 242 Å². The van der Waals surface area contributed by atoms with E-state index in [4.69, 9.17) is 28.4 Å². The van der Waals surface area contributed by atoms with Crippen LogP contribution >= 0.6 is 23.5 Å². The third-order valence-electron chi connectivity index (χ3n) is 15.1. The van der Waals surface area contributed by atoms with Crippen molar-refractivity contribution in [2.24, 2.45) is 0 Å². The molecule has 0 aromatic heterocycles. The minimum Gasteiger partial charge on any atom is -0.356 e. The molecule has 2 amide bonds. The van der Waals surface area contributed by atoms with Gasteiger partial charge in [0.05, 0.1) is 26.4 Å². The summed E-state index contributed by atoms with van der Waals surface area (Å²) in [4.78, 5) is 25.7. The van der Waals surface area contributed by atoms with E-state index in [-0.39, 0.29) is 497 Å². The van der Waals surface area contributed by atoms with Crippen LogP contribution in [0.4, 0.5) is 11.4 Å². The minimum absolute atomic E-state index is 0. The van der Waals surface area contributed by atoms with Crippen LogP contribution in [0.1, 0.15) is 38.5 Å². The molecule has 0 saturated carbocycles. The van der Waals surface area contributed by atoms with Crippen molar-refractivity contribution in [1.82, 2.24) is 0 Å². The zero-order chi connectivity index (χ0) is 95.7. The average Bonchev–Trinajstić information content (AvgIpc) is 0.756. The standard InChI is InChI=1S/C44H64N2O64S16.14Na/c47-27(45-19-7-11-21(12-8-19)111-43-39(109-125(85,86)87)33(103-119(67,68)69)29(23(97-43)15-91-113(49,50)51)99-41-37(107-123(79,80)81)35(105-121(73,74)75)31(101-117(61,62)63)25(95-41)17-93-115(55,56)57)5-3-1-2-4-6-28(48)46-20-9-13-22(14-10-20)112-44-40(110-126(88,89)90)34(104-120(70,71)72)30(24(98-44)16-92-114(52,53)54)100-42-38(108-124(82,83)84)36(106-122(76,77)78)32(102-118(64,65)66)26(96-42)18-94-116(58,59)60;;;;;;;;;;;;;;/h7-14,23-26,29-44H,1-6,15-18H2,(H,45,47)(H,46,48)(H,49,50,51)(H,52,53,54)(H,55,56,57)(H,58,59,60)(H,61,62,63)(H,64,65,66)(H,67,68,69)(H,70,71,72)(H,73,74,75)(H,76,77,78)(H,79,80,81)(H,82,83,84)(H,85,86,87)(H,88,89,90);;;;;;;;;;;;;;/q;14*+1/t23-,24-,25-,26-,29-,30-,31-,32-,33+,34+,35+,36+,37-,38-,39-,40-,41-,42-,43+,44+;;;;;;;;;;;;;;/m1............../s1. The molecule has 16 N–H and O–H groups in total. The molecule has 0 spiro atoms. The summed E-state index contributed by atoms with van der Waals surface area (Å²) >= 11 is 0.317. The summed E-state index contributed by atoms with van der Waals surface area (Å²) in [5.74, 6) is -1.39. The second-order valence-corrected chi connectivity index (χ2v) is 41.6. The summed E-state index contributed by atoms with van der Waals surface area (Å²) in [6.45, 7) is -7.52. The van der Waals surface area contributed by atoms with E-state index in [1.54, 1.807) is 0 Å². The van der Waals surface area contributed by atoms with Gasteiger partial charge in [-0.2, -0.15) is 118 Å². The van der Waals surface area contributed by atoms with E-state index in [0.29, 0.717) is 0 Å². The van der Waals surface area contributed by atoms with E-state index in [1.807, 2.05) is 0 Å². The Hall–Kier alpha value is 10.0. The molecule has 140 heavy (non-hydrogen) atoms. The summed E-state index contributed by atoms with van der Waals surface area (Å²) < 4.78 is 568. The van der Waals surface area contributed by atoms with Crippen molar-refractivity contribution >= 4 is 192 Å². The van der Waals surface area contributed by atoms with Gasteiger partial charge in [0.2, 0.25) is 11.8 Å². The van der Waals surface area contributed by atoms with Crippen molar-refractivity contribution in [3.63, 3.8) is 0 Å². The second kappa shape index (κ2) is 71.3. The van der Waals surface area contributed by atoms with Crippen LogP contribution in [0.25, 0.3) is 0 Å². The number of hydrogen-bond acceptors (Lipinski definition) is 52. The van der Waals surface area contributed by atoms with E-state index < -0.39 is 305 Å². The van der Waals surface area contributed by atoms with Gasteiger partial charge in [-0.25, -0.2) is 58.6 Å². The quantitative estimate of drug-likeness (QED) is 0.0166. The van der Waals surface area contributed by atoms with Gasteiger partial charge in [-0.15, -0.1) is 0 Å². The number of thioether (sulfide) groups is 2. The predicted molar refractivity (Wildman–Crippen MR) is 388 cm³/mol. The zero-order valence-electron chi connectivity index (χ0n) is 74.4. The first-order valence-electron chi connectivity index (χ1n) is 32.0. The molecule has 4 aliphatic rings. The van der Waals surface area contributed by atoms with Gasteiger partial charge in [0.25, 0.3) is 0 Å². The predicted octanol–water partition coefficient (Wildman–Crippen LogP) is -48.3. The largest absolute Gasteiger partial charge is 1.00 e. The molecule has 96 heteroatoms. The molecule has 0 aliphatic carbocycles. The average molecular weight is 2480 g/mol. The van der Waals surface area contributed by atoms with Crippen LogP contribution in [0.5, 0.6) is 0 Å². The molecule has 4 aliphatic heterocycles. The number of ether oxygens (including phenoxy) is 6. The van der Waals surface area contributed by atoms with Gasteiger partial charge in [0.15, 0.2) is 24.8 Å². The molecule has 4 saturated heterocycles. The fraction of sp³-hybridized carbons (Fsp3) is 0.682. The molecule has 730 valence electrons. The number of carbonyl (C=O) groups excluding carboxylic acids is 2. The Balaban J connectivity index is -0.00000175. The van der Waals surface area contributed by atoms with E-state index in [1.165, 1.54) is 0 Å². The number of hydrogen-bond donors (Lipinski definition) is 16. The smallest absolute Gasteiger partial charge is 0.356 e. The molecule has 2 aromatic carbocycles. The first-order valence-corrected chi connectivity index (χ1v) is 52.9. The minimum atomic E-state index is -6.27. The van der Waals surface area contributed by atoms with Gasteiger partial charge in [-0.3, -0.25) is 73.3 Å². The third kappa shape index (κ3) is 67.9. The Bertz CT molecular complexity index is 5560. The Morgan fingerprint density at radius 1 is 0.243 bits per heavy atom. The molecular weight excluding hydrogens is 2420 g/mol. The molecular formula is C44H64N2Na14O64S16+14. The van der Waals surface area contributed by atoms with Crippen LogP contribution in [0, 0.1) is 0 Å². The van der Waals surface area contributed by atoms with Gasteiger partial charge in [-0.1, -0.05) is 36.4 Å². The van der Waals surface area contributed by atoms with Crippen molar-refractivity contribution in [1.29, 1.82) is 0 Å². The number of nitrogens with one attached hydrogen (secondary N) is 2. The summed E-state index contributed by atoms with van der Waals surface area (Å²) in [6, 6.07) is 8.67.